The minimum absolute atomic E-state index is 0.101. The van der Waals surface area contributed by atoms with Crippen LogP contribution < -0.4 is 4.74 Å². The fourth-order valence-electron chi connectivity index (χ4n) is 4.08. The summed E-state index contributed by atoms with van der Waals surface area (Å²) in [6.45, 7) is 4.13. The van der Waals surface area contributed by atoms with Gasteiger partial charge >= 0.3 is 0 Å². The van der Waals surface area contributed by atoms with Gasteiger partial charge in [0.25, 0.3) is 0 Å². The first-order valence-corrected chi connectivity index (χ1v) is 10.2. The highest BCUT2D eigenvalue weighted by molar-refractivity contribution is 5.80. The van der Waals surface area contributed by atoms with Crippen molar-refractivity contribution in [2.24, 2.45) is 0 Å². The first kappa shape index (κ1) is 18.8. The van der Waals surface area contributed by atoms with Crippen LogP contribution in [0.4, 0.5) is 0 Å². The van der Waals surface area contributed by atoms with E-state index in [1.54, 1.807) is 0 Å². The molecular formula is C24H23N3O3. The van der Waals surface area contributed by atoms with Crippen molar-refractivity contribution < 1.29 is 14.3 Å². The minimum atomic E-state index is -0.459. The Kier molecular flexibility index (Phi) is 4.71. The molecule has 1 saturated heterocycles. The van der Waals surface area contributed by atoms with Crippen LogP contribution in [0.5, 0.6) is 5.75 Å². The number of hydrogen-bond donors (Lipinski definition) is 0. The van der Waals surface area contributed by atoms with Crippen LogP contribution in [-0.2, 0) is 28.2 Å². The molecule has 0 bridgehead atoms. The summed E-state index contributed by atoms with van der Waals surface area (Å²) in [7, 11) is 0. The molecular weight excluding hydrogens is 378 g/mol. The molecule has 2 aliphatic heterocycles. The second-order valence-electron chi connectivity index (χ2n) is 7.71. The van der Waals surface area contributed by atoms with Gasteiger partial charge in [0.05, 0.1) is 38.4 Å². The van der Waals surface area contributed by atoms with Crippen molar-refractivity contribution in [1.82, 2.24) is 14.9 Å². The number of nitrogens with zero attached hydrogens (tertiary/aromatic N) is 3. The van der Waals surface area contributed by atoms with Gasteiger partial charge in [-0.15, -0.1) is 0 Å². The van der Waals surface area contributed by atoms with Crippen molar-refractivity contribution in [2.45, 2.75) is 25.6 Å². The lowest BCUT2D eigenvalue weighted by atomic mass is 9.87. The molecule has 0 atom stereocenters. The smallest absolute Gasteiger partial charge is 0.227 e. The molecule has 5 rings (SSSR count). The summed E-state index contributed by atoms with van der Waals surface area (Å²) in [6.07, 6.45) is 2.24. The number of ether oxygens (including phenoxy) is 2. The van der Waals surface area contributed by atoms with E-state index in [1.165, 1.54) is 0 Å². The predicted octanol–water partition coefficient (Wildman–Crippen LogP) is 3.35. The Balaban J connectivity index is 1.25. The molecule has 0 aliphatic carbocycles. The molecule has 2 aromatic carbocycles. The summed E-state index contributed by atoms with van der Waals surface area (Å²) in [6, 6.07) is 17.6. The maximum absolute atomic E-state index is 12.7. The SMILES string of the molecule is CCOc1ccc(CC(=O)N2CC3(C2)OCc2nc(-c4ccccc4)ncc23)cc1. The van der Waals surface area contributed by atoms with Gasteiger partial charge in [-0.2, -0.15) is 0 Å². The minimum Gasteiger partial charge on any atom is -0.494 e. The number of aromatic nitrogens is 2. The first-order chi connectivity index (χ1) is 14.7. The van der Waals surface area contributed by atoms with E-state index in [4.69, 9.17) is 14.5 Å². The van der Waals surface area contributed by atoms with E-state index in [0.717, 1.165) is 28.1 Å². The Labute approximate surface area is 175 Å². The van der Waals surface area contributed by atoms with E-state index < -0.39 is 5.60 Å². The first-order valence-electron chi connectivity index (χ1n) is 10.2. The van der Waals surface area contributed by atoms with Gasteiger partial charge in [0, 0.05) is 17.3 Å². The molecule has 1 aromatic heterocycles. The number of hydrogen-bond acceptors (Lipinski definition) is 5. The van der Waals surface area contributed by atoms with Crippen LogP contribution in [0.25, 0.3) is 11.4 Å². The van der Waals surface area contributed by atoms with E-state index in [2.05, 4.69) is 4.98 Å². The summed E-state index contributed by atoms with van der Waals surface area (Å²) >= 11 is 0. The molecule has 30 heavy (non-hydrogen) atoms. The van der Waals surface area contributed by atoms with Gasteiger partial charge in [-0.1, -0.05) is 42.5 Å². The summed E-state index contributed by atoms with van der Waals surface area (Å²) < 4.78 is 11.6. The van der Waals surface area contributed by atoms with E-state index >= 15 is 0 Å². The second-order valence-corrected chi connectivity index (χ2v) is 7.71. The van der Waals surface area contributed by atoms with E-state index in [1.807, 2.05) is 72.6 Å². The summed E-state index contributed by atoms with van der Waals surface area (Å²) in [5, 5.41) is 0. The lowest BCUT2D eigenvalue weighted by molar-refractivity contribution is -0.168. The fraction of sp³-hybridized carbons (Fsp3) is 0.292. The summed E-state index contributed by atoms with van der Waals surface area (Å²) in [5.74, 6) is 1.63. The van der Waals surface area contributed by atoms with Crippen LogP contribution >= 0.6 is 0 Å². The third kappa shape index (κ3) is 3.33. The highest BCUT2D eigenvalue weighted by atomic mass is 16.5. The van der Waals surface area contributed by atoms with Crippen LogP contribution in [0.15, 0.2) is 60.8 Å². The lowest BCUT2D eigenvalue weighted by Gasteiger charge is -2.47. The molecule has 3 heterocycles. The van der Waals surface area contributed by atoms with Gasteiger partial charge < -0.3 is 14.4 Å². The molecule has 0 radical (unpaired) electrons. The van der Waals surface area contributed by atoms with Crippen LogP contribution in [0.2, 0.25) is 0 Å². The normalized spacial score (nSPS) is 16.2. The predicted molar refractivity (Wildman–Crippen MR) is 112 cm³/mol. The maximum Gasteiger partial charge on any atom is 0.227 e. The highest BCUT2D eigenvalue weighted by Crippen LogP contribution is 2.43. The quantitative estimate of drug-likeness (QED) is 0.656. The standard InChI is InChI=1S/C24H23N3O3/c1-2-29-19-10-8-17(9-11-19)12-22(28)27-15-24(16-27)20-13-25-23(26-21(20)14-30-24)18-6-4-3-5-7-18/h3-11,13H,2,12,14-16H2,1H3. The molecule has 2 aliphatic rings. The largest absolute Gasteiger partial charge is 0.494 e. The highest BCUT2D eigenvalue weighted by Gasteiger charge is 2.52. The molecule has 1 amide bonds. The number of benzene rings is 2. The Morgan fingerprint density at radius 1 is 1.13 bits per heavy atom. The Hall–Kier alpha value is -3.25. The number of amides is 1. The van der Waals surface area contributed by atoms with E-state index in [-0.39, 0.29) is 5.91 Å². The third-order valence-electron chi connectivity index (χ3n) is 5.71. The number of carbonyl (C=O) groups is 1. The van der Waals surface area contributed by atoms with Crippen molar-refractivity contribution in [3.63, 3.8) is 0 Å². The van der Waals surface area contributed by atoms with Crippen LogP contribution in [0.1, 0.15) is 23.7 Å². The Morgan fingerprint density at radius 2 is 1.90 bits per heavy atom. The summed E-state index contributed by atoms with van der Waals surface area (Å²) in [5.41, 5.74) is 3.43. The molecule has 0 unspecified atom stereocenters. The van der Waals surface area contributed by atoms with Gasteiger partial charge in [0.1, 0.15) is 11.4 Å². The Bertz CT molecular complexity index is 1060. The molecule has 0 N–H and O–H groups in total. The van der Waals surface area contributed by atoms with Crippen molar-refractivity contribution in [2.75, 3.05) is 19.7 Å². The topological polar surface area (TPSA) is 64.5 Å². The number of fused-ring (bicyclic) bond motifs is 2. The van der Waals surface area contributed by atoms with Gasteiger partial charge in [-0.25, -0.2) is 9.97 Å². The van der Waals surface area contributed by atoms with E-state index in [9.17, 15) is 4.79 Å². The zero-order valence-corrected chi connectivity index (χ0v) is 16.9. The van der Waals surface area contributed by atoms with E-state index in [0.29, 0.717) is 38.5 Å². The average Bonchev–Trinajstić information content (AvgIpc) is 3.14. The van der Waals surface area contributed by atoms with Gasteiger partial charge in [0.15, 0.2) is 5.82 Å². The van der Waals surface area contributed by atoms with Gasteiger partial charge in [-0.3, -0.25) is 4.79 Å². The number of rotatable bonds is 5. The molecule has 1 fully saturated rings. The molecule has 3 aromatic rings. The van der Waals surface area contributed by atoms with Crippen molar-refractivity contribution in [3.05, 3.63) is 77.6 Å². The van der Waals surface area contributed by atoms with Gasteiger partial charge in [0.2, 0.25) is 5.91 Å². The number of likely N-dealkylation sites (tertiary alicyclic amines) is 1. The second kappa shape index (κ2) is 7.54. The van der Waals surface area contributed by atoms with Gasteiger partial charge in [-0.05, 0) is 24.6 Å². The molecule has 6 nitrogen and oxygen atoms in total. The maximum atomic E-state index is 12.7. The monoisotopic (exact) mass is 401 g/mol. The third-order valence-corrected chi connectivity index (χ3v) is 5.71. The average molecular weight is 401 g/mol. The molecule has 6 heteroatoms. The van der Waals surface area contributed by atoms with Crippen LogP contribution in [0.3, 0.4) is 0 Å². The molecule has 152 valence electrons. The lowest BCUT2D eigenvalue weighted by Crippen LogP contribution is -2.61. The number of carbonyl (C=O) groups excluding carboxylic acids is 1. The molecule has 1 spiro atoms. The summed E-state index contributed by atoms with van der Waals surface area (Å²) in [4.78, 5) is 23.8. The van der Waals surface area contributed by atoms with Crippen LogP contribution in [-0.4, -0.2) is 40.5 Å². The molecule has 0 saturated carbocycles. The Morgan fingerprint density at radius 3 is 2.63 bits per heavy atom. The fourth-order valence-corrected chi connectivity index (χ4v) is 4.08. The van der Waals surface area contributed by atoms with Crippen LogP contribution in [0, 0.1) is 0 Å². The van der Waals surface area contributed by atoms with Crippen molar-refractivity contribution in [1.29, 1.82) is 0 Å². The zero-order valence-electron chi connectivity index (χ0n) is 16.9. The van der Waals surface area contributed by atoms with Crippen molar-refractivity contribution >= 4 is 5.91 Å². The zero-order chi connectivity index (χ0) is 20.6. The van der Waals surface area contributed by atoms with Crippen molar-refractivity contribution in [3.8, 4) is 17.1 Å².